The first-order valence-corrected chi connectivity index (χ1v) is 26.3. The molecule has 0 heterocycles. The Morgan fingerprint density at radius 1 is 0.571 bits per heavy atom. The van der Waals surface area contributed by atoms with Crippen molar-refractivity contribution in [2.45, 2.75) is 156 Å². The molecule has 0 radical (unpaired) electrons. The van der Waals surface area contributed by atoms with Gasteiger partial charge in [0.15, 0.2) is 0 Å². The Morgan fingerprint density at radius 3 is 1.34 bits per heavy atom. The number of benzene rings is 4. The Labute approximate surface area is 462 Å². The Kier molecular flexibility index (Phi) is 29.5. The van der Waals surface area contributed by atoms with Crippen LogP contribution in [-0.2, 0) is 45.0 Å². The van der Waals surface area contributed by atoms with Crippen LogP contribution in [-0.4, -0.2) is 100 Å². The summed E-state index contributed by atoms with van der Waals surface area (Å²) in [4.78, 5) is 49.7. The third kappa shape index (κ3) is 31.8. The van der Waals surface area contributed by atoms with Crippen molar-refractivity contribution < 1.29 is 48.3 Å². The molecule has 0 fully saturated rings. The van der Waals surface area contributed by atoms with Crippen molar-refractivity contribution in [3.05, 3.63) is 144 Å². The highest BCUT2D eigenvalue weighted by molar-refractivity contribution is 6.61. The van der Waals surface area contributed by atoms with E-state index in [9.17, 15) is 29.4 Å². The van der Waals surface area contributed by atoms with Crippen LogP contribution in [0.4, 0.5) is 19.2 Å². The number of amides is 3. The van der Waals surface area contributed by atoms with E-state index >= 15 is 0 Å². The summed E-state index contributed by atoms with van der Waals surface area (Å²) in [7, 11) is 0. The van der Waals surface area contributed by atoms with Crippen LogP contribution in [0.1, 0.15) is 117 Å². The van der Waals surface area contributed by atoms with Gasteiger partial charge in [0.25, 0.3) is 0 Å². The smallest absolute Gasteiger partial charge is 0.410 e. The fourth-order valence-electron chi connectivity index (χ4n) is 7.48. The number of hydrogen-bond acceptors (Lipinski definition) is 13. The number of aliphatic hydroxyl groups is 2. The molecule has 4 aromatic rings. The van der Waals surface area contributed by atoms with E-state index in [-0.39, 0.29) is 31.7 Å². The summed E-state index contributed by atoms with van der Waals surface area (Å²) in [6.07, 6.45) is -0.596. The first-order valence-electron chi connectivity index (χ1n) is 25.9. The second kappa shape index (κ2) is 34.2. The van der Waals surface area contributed by atoms with Gasteiger partial charge in [0, 0.05) is 44.1 Å². The number of nitrogens with one attached hydrogen (secondary N) is 3. The van der Waals surface area contributed by atoms with E-state index < -0.39 is 64.6 Å². The van der Waals surface area contributed by atoms with Crippen molar-refractivity contribution in [3.8, 4) is 12.1 Å². The van der Waals surface area contributed by atoms with Crippen molar-refractivity contribution >= 4 is 35.3 Å². The van der Waals surface area contributed by atoms with Crippen LogP contribution in [0.25, 0.3) is 0 Å². The number of carbonyl (C=O) groups excluding carboxylic acids is 4. The van der Waals surface area contributed by atoms with Crippen molar-refractivity contribution in [3.63, 3.8) is 0 Å². The first-order chi connectivity index (χ1) is 36.2. The zero-order chi connectivity index (χ0) is 57.5. The van der Waals surface area contributed by atoms with Gasteiger partial charge in [0.1, 0.15) is 24.4 Å². The highest BCUT2D eigenvalue weighted by Crippen LogP contribution is 2.25. The van der Waals surface area contributed by atoms with Gasteiger partial charge in [-0.15, -0.1) is 0 Å². The van der Waals surface area contributed by atoms with E-state index in [2.05, 4.69) is 46.7 Å². The molecular weight excluding hydrogens is 1000 g/mol. The molecule has 3 unspecified atom stereocenters. The van der Waals surface area contributed by atoms with Gasteiger partial charge in [-0.1, -0.05) is 149 Å². The fraction of sp³-hybridized carbons (Fsp3) is 0.500. The largest absolute Gasteiger partial charge is 0.449 e. The lowest BCUT2D eigenvalue weighted by molar-refractivity contribution is 0.0278. The van der Waals surface area contributed by atoms with Crippen molar-refractivity contribution in [2.24, 2.45) is 10.8 Å². The number of alkyl carbamates (subject to hydrolysis) is 2. The van der Waals surface area contributed by atoms with E-state index in [0.29, 0.717) is 45.2 Å². The standard InChI is InChI=1S/C30H41N3O5.C22H35N3O3.C8H7ClO2/c1-29(2,3)38-27(35)32-25(19-23-13-8-6-9-14-23)26(34)20-33(22-30(4,5)17-12-18-31)28(36)37-21-24-15-10-7-11-16-24;1-21(2,3)28-20(27)25-18(14-17-10-7-6-8-11-17)19(26)15-24-16-22(4,5)12-9-13-23;9-8(10)11-6-7-4-2-1-3-5-7/h6-11,13-16,25-26,34H,12,17,19-22H2,1-5H3,(H,32,35);6-8,10-11,18-19,24,26H,9,12,14-16H2,1-5H3,(H,25,27);1-5H,6H2/t25?,26-;;/m1../s1. The average molecular weight is 1080 g/mol. The van der Waals surface area contributed by atoms with Gasteiger partial charge < -0.3 is 50.0 Å². The molecule has 17 heteroatoms. The molecule has 420 valence electrons. The molecule has 4 rings (SSSR count). The molecule has 77 heavy (non-hydrogen) atoms. The van der Waals surface area contributed by atoms with Gasteiger partial charge in [0.2, 0.25) is 0 Å². The minimum atomic E-state index is -1.11. The van der Waals surface area contributed by atoms with Crippen LogP contribution in [0.2, 0.25) is 0 Å². The molecule has 0 aromatic heterocycles. The topological polar surface area (TPSA) is 233 Å². The summed E-state index contributed by atoms with van der Waals surface area (Å²) in [6.45, 7) is 20.4. The van der Waals surface area contributed by atoms with E-state index in [0.717, 1.165) is 28.7 Å². The molecule has 4 aromatic carbocycles. The second-order valence-electron chi connectivity index (χ2n) is 22.2. The molecule has 0 aliphatic heterocycles. The summed E-state index contributed by atoms with van der Waals surface area (Å²) < 4.78 is 20.9. The number of halogens is 1. The zero-order valence-corrected chi connectivity index (χ0v) is 47.5. The van der Waals surface area contributed by atoms with Gasteiger partial charge >= 0.3 is 23.7 Å². The Hall–Kier alpha value is -6.69. The summed E-state index contributed by atoms with van der Waals surface area (Å²) >= 11 is 4.97. The van der Waals surface area contributed by atoms with Crippen LogP contribution in [0, 0.1) is 33.5 Å². The van der Waals surface area contributed by atoms with E-state index in [1.54, 1.807) is 41.5 Å². The Balaban J connectivity index is 0.000000452. The lowest BCUT2D eigenvalue weighted by atomic mass is 9.87. The quantitative estimate of drug-likeness (QED) is 0.0325. The van der Waals surface area contributed by atoms with E-state index in [1.165, 1.54) is 4.90 Å². The van der Waals surface area contributed by atoms with Crippen molar-refractivity contribution in [2.75, 3.05) is 26.2 Å². The summed E-state index contributed by atoms with van der Waals surface area (Å²) in [5, 5.41) is 48.7. The maximum Gasteiger partial charge on any atom is 0.410 e. The Morgan fingerprint density at radius 2 is 0.948 bits per heavy atom. The molecule has 0 saturated carbocycles. The van der Waals surface area contributed by atoms with Gasteiger partial charge in [-0.05, 0) is 100 Å². The normalized spacial score (nSPS) is 12.9. The molecule has 16 nitrogen and oxygen atoms in total. The van der Waals surface area contributed by atoms with Crippen LogP contribution in [0.15, 0.2) is 121 Å². The van der Waals surface area contributed by atoms with E-state index in [1.807, 2.05) is 135 Å². The predicted molar refractivity (Wildman–Crippen MR) is 299 cm³/mol. The van der Waals surface area contributed by atoms with Crippen LogP contribution >= 0.6 is 11.6 Å². The number of nitrogens with zero attached hydrogens (tertiary/aromatic N) is 3. The monoisotopic (exact) mass is 1080 g/mol. The molecular formula is C60H83ClN6O10. The molecule has 0 aliphatic carbocycles. The maximum absolute atomic E-state index is 13.2. The van der Waals surface area contributed by atoms with Crippen molar-refractivity contribution in [1.82, 2.24) is 20.9 Å². The first kappa shape index (κ1) is 66.4. The number of rotatable bonds is 24. The van der Waals surface area contributed by atoms with Crippen LogP contribution in [0.5, 0.6) is 0 Å². The van der Waals surface area contributed by atoms with Gasteiger partial charge in [-0.3, -0.25) is 0 Å². The minimum absolute atomic E-state index is 0.0387. The molecule has 0 saturated heterocycles. The third-order valence-electron chi connectivity index (χ3n) is 11.4. The minimum Gasteiger partial charge on any atom is -0.449 e. The number of ether oxygens (including phenoxy) is 4. The average Bonchev–Trinajstić information content (AvgIpc) is 3.36. The maximum atomic E-state index is 13.2. The number of carbonyl (C=O) groups is 4. The van der Waals surface area contributed by atoms with Crippen LogP contribution in [0.3, 0.4) is 0 Å². The lowest BCUT2D eigenvalue weighted by Crippen LogP contribution is -2.52. The number of nitriles is 2. The SMILES string of the molecule is CC(C)(CCC#N)CN(C[C@@H](O)C(Cc1ccccc1)NC(=O)OC(C)(C)C)C(=O)OCc1ccccc1.CC(C)(CCC#N)CNCC(O)C(Cc1ccccc1)NC(=O)OC(C)(C)C.O=C(Cl)OCc1ccccc1. The number of aliphatic hydroxyl groups excluding tert-OH is 2. The van der Waals surface area contributed by atoms with Crippen molar-refractivity contribution in [1.29, 1.82) is 10.5 Å². The molecule has 0 spiro atoms. The molecule has 3 amide bonds. The zero-order valence-electron chi connectivity index (χ0n) is 46.7. The summed E-state index contributed by atoms with van der Waals surface area (Å²) in [5.74, 6) is 0. The van der Waals surface area contributed by atoms with E-state index in [4.69, 9.17) is 36.3 Å². The molecule has 5 N–H and O–H groups in total. The molecule has 0 bridgehead atoms. The molecule has 0 aliphatic rings. The predicted octanol–water partition coefficient (Wildman–Crippen LogP) is 11.4. The Bertz CT molecular complexity index is 2400. The van der Waals surface area contributed by atoms with Gasteiger partial charge in [-0.25, -0.2) is 19.2 Å². The second-order valence-corrected chi connectivity index (χ2v) is 22.5. The van der Waals surface area contributed by atoms with Gasteiger partial charge in [0.05, 0.1) is 43.0 Å². The number of hydrogen-bond donors (Lipinski definition) is 5. The highest BCUT2D eigenvalue weighted by Gasteiger charge is 2.32. The fourth-order valence-corrected chi connectivity index (χ4v) is 7.53. The summed E-state index contributed by atoms with van der Waals surface area (Å²) in [6, 6.07) is 41.0. The lowest BCUT2D eigenvalue weighted by Gasteiger charge is -2.35. The highest BCUT2D eigenvalue weighted by atomic mass is 35.5. The van der Waals surface area contributed by atoms with Crippen LogP contribution < -0.4 is 16.0 Å². The molecule has 4 atom stereocenters. The third-order valence-corrected chi connectivity index (χ3v) is 11.5. The summed E-state index contributed by atoms with van der Waals surface area (Å²) in [5.41, 5.74) is 1.21. The van der Waals surface area contributed by atoms with Gasteiger partial charge in [-0.2, -0.15) is 10.5 Å².